The van der Waals surface area contributed by atoms with Gasteiger partial charge in [-0.1, -0.05) is 13.2 Å². The third-order valence-electron chi connectivity index (χ3n) is 6.02. The van der Waals surface area contributed by atoms with Crippen molar-refractivity contribution in [3.8, 4) is 0 Å². The molecule has 2 saturated carbocycles. The van der Waals surface area contributed by atoms with E-state index in [4.69, 9.17) is 18.9 Å². The van der Waals surface area contributed by atoms with Crippen molar-refractivity contribution in [1.82, 2.24) is 10.6 Å². The maximum absolute atomic E-state index is 11.9. The molecule has 10 nitrogen and oxygen atoms in total. The van der Waals surface area contributed by atoms with Crippen molar-refractivity contribution >= 4 is 24.1 Å². The van der Waals surface area contributed by atoms with Crippen molar-refractivity contribution in [2.45, 2.75) is 33.1 Å². The van der Waals surface area contributed by atoms with Crippen LogP contribution in [0.25, 0.3) is 0 Å². The molecule has 0 aromatic rings. The smallest absolute Gasteiger partial charge is 0.407 e. The average Bonchev–Trinajstić information content (AvgIpc) is 3.32. The molecule has 2 bridgehead atoms. The van der Waals surface area contributed by atoms with Crippen molar-refractivity contribution in [1.29, 1.82) is 0 Å². The summed E-state index contributed by atoms with van der Waals surface area (Å²) in [7, 11) is 0. The summed E-state index contributed by atoms with van der Waals surface area (Å²) in [6.07, 6.45) is 2.06. The lowest BCUT2D eigenvalue weighted by atomic mass is 9.88. The van der Waals surface area contributed by atoms with Gasteiger partial charge in [0.2, 0.25) is 0 Å². The molecule has 0 radical (unpaired) electrons. The van der Waals surface area contributed by atoms with Gasteiger partial charge in [0.1, 0.15) is 26.4 Å². The number of ether oxygens (including phenoxy) is 4. The van der Waals surface area contributed by atoms with Crippen LogP contribution in [0.4, 0.5) is 9.59 Å². The largest absolute Gasteiger partial charge is 0.459 e. The van der Waals surface area contributed by atoms with E-state index in [9.17, 15) is 19.2 Å². The Hall–Kier alpha value is -3.04. The number of nitrogens with one attached hydrogen (secondary N) is 2. The number of hydrogen-bond acceptors (Lipinski definition) is 8. The average molecular weight is 467 g/mol. The van der Waals surface area contributed by atoms with Gasteiger partial charge in [-0.2, -0.15) is 0 Å². The van der Waals surface area contributed by atoms with Crippen molar-refractivity contribution in [3.05, 3.63) is 24.3 Å². The molecule has 2 N–H and O–H groups in total. The third kappa shape index (κ3) is 8.43. The second kappa shape index (κ2) is 12.9. The van der Waals surface area contributed by atoms with Crippen molar-refractivity contribution < 1.29 is 38.1 Å². The molecule has 0 saturated heterocycles. The minimum atomic E-state index is -0.547. The Bertz CT molecular complexity index is 766. The van der Waals surface area contributed by atoms with E-state index in [2.05, 4.69) is 23.8 Å². The van der Waals surface area contributed by atoms with Crippen LogP contribution < -0.4 is 10.6 Å². The van der Waals surface area contributed by atoms with E-state index in [1.807, 2.05) is 0 Å². The molecule has 0 aromatic heterocycles. The molecule has 0 heterocycles. The highest BCUT2D eigenvalue weighted by atomic mass is 16.6. The van der Waals surface area contributed by atoms with Gasteiger partial charge in [0.05, 0.1) is 0 Å². The van der Waals surface area contributed by atoms with Gasteiger partial charge in [-0.25, -0.2) is 19.2 Å². The Balaban J connectivity index is 1.60. The number of rotatable bonds is 12. The lowest BCUT2D eigenvalue weighted by Crippen LogP contribution is -2.35. The predicted octanol–water partition coefficient (Wildman–Crippen LogP) is 2.34. The van der Waals surface area contributed by atoms with E-state index in [0.29, 0.717) is 36.8 Å². The zero-order chi connectivity index (χ0) is 24.4. The molecule has 2 aliphatic rings. The molecular formula is C23H34N2O8. The number of amides is 2. The fourth-order valence-corrected chi connectivity index (χ4v) is 4.48. The molecular weight excluding hydrogens is 432 g/mol. The number of carbonyl (C=O) groups is 4. The highest BCUT2D eigenvalue weighted by molar-refractivity contribution is 5.87. The first kappa shape index (κ1) is 26.2. The first-order chi connectivity index (χ1) is 15.7. The number of alkyl carbamates (subject to hydrolysis) is 2. The van der Waals surface area contributed by atoms with Gasteiger partial charge < -0.3 is 29.6 Å². The molecule has 33 heavy (non-hydrogen) atoms. The second-order valence-electron chi connectivity index (χ2n) is 8.53. The summed E-state index contributed by atoms with van der Waals surface area (Å²) >= 11 is 0. The molecule has 0 aromatic carbocycles. The summed E-state index contributed by atoms with van der Waals surface area (Å²) in [6, 6.07) is 0. The Labute approximate surface area is 194 Å². The van der Waals surface area contributed by atoms with Crippen LogP contribution in [0, 0.1) is 23.7 Å². The summed E-state index contributed by atoms with van der Waals surface area (Å²) < 4.78 is 19.8. The van der Waals surface area contributed by atoms with Crippen molar-refractivity contribution in [2.24, 2.45) is 23.7 Å². The fraction of sp³-hybridized carbons (Fsp3) is 0.652. The fourth-order valence-electron chi connectivity index (χ4n) is 4.48. The lowest BCUT2D eigenvalue weighted by molar-refractivity contribution is -0.140. The van der Waals surface area contributed by atoms with E-state index in [0.717, 1.165) is 19.3 Å². The van der Waals surface area contributed by atoms with Gasteiger partial charge in [-0.15, -0.1) is 0 Å². The van der Waals surface area contributed by atoms with Crippen LogP contribution in [0.15, 0.2) is 24.3 Å². The number of carbonyl (C=O) groups excluding carboxylic acids is 4. The van der Waals surface area contributed by atoms with Gasteiger partial charge in [0.25, 0.3) is 0 Å². The van der Waals surface area contributed by atoms with E-state index in [1.165, 1.54) is 0 Å². The SMILES string of the molecule is C=C(C)C(=O)OCCOC(=O)NCC1CC2CCC1C2CNC(=O)OCCOC(=O)C(=C)C. The monoisotopic (exact) mass is 466 g/mol. The lowest BCUT2D eigenvalue weighted by Gasteiger charge is -2.22. The van der Waals surface area contributed by atoms with Crippen molar-refractivity contribution in [2.75, 3.05) is 39.5 Å². The van der Waals surface area contributed by atoms with Crippen LogP contribution in [0.5, 0.6) is 0 Å². The van der Waals surface area contributed by atoms with Crippen LogP contribution in [0.3, 0.4) is 0 Å². The first-order valence-electron chi connectivity index (χ1n) is 11.2. The molecule has 4 atom stereocenters. The van der Waals surface area contributed by atoms with E-state index < -0.39 is 24.1 Å². The second-order valence-corrected chi connectivity index (χ2v) is 8.53. The summed E-state index contributed by atoms with van der Waals surface area (Å²) in [5, 5.41) is 5.57. The molecule has 10 heteroatoms. The normalized spacial score (nSPS) is 22.7. The van der Waals surface area contributed by atoms with E-state index >= 15 is 0 Å². The molecule has 0 spiro atoms. The number of hydrogen-bond donors (Lipinski definition) is 2. The molecule has 2 rings (SSSR count). The maximum atomic E-state index is 11.9. The topological polar surface area (TPSA) is 129 Å². The maximum Gasteiger partial charge on any atom is 0.407 e. The Kier molecular flexibility index (Phi) is 10.2. The van der Waals surface area contributed by atoms with Crippen LogP contribution in [-0.2, 0) is 28.5 Å². The van der Waals surface area contributed by atoms with Crippen LogP contribution in [0.1, 0.15) is 33.1 Å². The molecule has 4 unspecified atom stereocenters. The highest BCUT2D eigenvalue weighted by Gasteiger charge is 2.47. The molecule has 2 aliphatic carbocycles. The van der Waals surface area contributed by atoms with Gasteiger partial charge in [0, 0.05) is 24.2 Å². The van der Waals surface area contributed by atoms with Gasteiger partial charge in [0.15, 0.2) is 0 Å². The first-order valence-corrected chi connectivity index (χ1v) is 11.2. The molecule has 0 aliphatic heterocycles. The molecule has 184 valence electrons. The zero-order valence-corrected chi connectivity index (χ0v) is 19.4. The van der Waals surface area contributed by atoms with E-state index in [1.54, 1.807) is 13.8 Å². The van der Waals surface area contributed by atoms with Crippen LogP contribution in [-0.4, -0.2) is 63.6 Å². The Morgan fingerprint density at radius 2 is 1.24 bits per heavy atom. The summed E-state index contributed by atoms with van der Waals surface area (Å²) in [5.74, 6) is 0.525. The Morgan fingerprint density at radius 1 is 0.758 bits per heavy atom. The molecule has 2 fully saturated rings. The van der Waals surface area contributed by atoms with Gasteiger partial charge in [-0.05, 0) is 56.8 Å². The quantitative estimate of drug-likeness (QED) is 0.194. The minimum Gasteiger partial charge on any atom is -0.459 e. The highest BCUT2D eigenvalue weighted by Crippen LogP contribution is 2.52. The zero-order valence-electron chi connectivity index (χ0n) is 19.4. The summed E-state index contributed by atoms with van der Waals surface area (Å²) in [4.78, 5) is 46.3. The number of fused-ring (bicyclic) bond motifs is 2. The van der Waals surface area contributed by atoms with Gasteiger partial charge >= 0.3 is 24.1 Å². The van der Waals surface area contributed by atoms with E-state index in [-0.39, 0.29) is 37.6 Å². The van der Waals surface area contributed by atoms with Crippen molar-refractivity contribution in [3.63, 3.8) is 0 Å². The standard InChI is InChI=1S/C23H34N2O8/c1-14(2)20(26)30-7-9-32-22(28)24-12-17-11-16-5-6-18(17)19(16)13-25-23(29)33-10-8-31-21(27)15(3)4/h16-19H,1,3,5-13H2,2,4H3,(H,24,28)(H,25,29). The molecule has 2 amide bonds. The number of esters is 2. The van der Waals surface area contributed by atoms with Crippen LogP contribution in [0.2, 0.25) is 0 Å². The minimum absolute atomic E-state index is 0.0199. The summed E-state index contributed by atoms with van der Waals surface area (Å²) in [6.45, 7) is 11.0. The Morgan fingerprint density at radius 3 is 1.76 bits per heavy atom. The third-order valence-corrected chi connectivity index (χ3v) is 6.02. The predicted molar refractivity (Wildman–Crippen MR) is 118 cm³/mol. The van der Waals surface area contributed by atoms with Crippen LogP contribution >= 0.6 is 0 Å². The summed E-state index contributed by atoms with van der Waals surface area (Å²) in [5.41, 5.74) is 0.578. The van der Waals surface area contributed by atoms with Gasteiger partial charge in [-0.3, -0.25) is 0 Å².